The zero-order valence-electron chi connectivity index (χ0n) is 13.6. The van der Waals surface area contributed by atoms with Crippen molar-refractivity contribution in [3.8, 4) is 0 Å². The average molecular weight is 388 g/mol. The van der Waals surface area contributed by atoms with E-state index in [4.69, 9.17) is 0 Å². The molecule has 1 aliphatic rings. The van der Waals surface area contributed by atoms with Gasteiger partial charge in [-0.1, -0.05) is 6.92 Å². The fourth-order valence-electron chi connectivity index (χ4n) is 2.71. The zero-order valence-corrected chi connectivity index (χ0v) is 16.0. The quantitative estimate of drug-likeness (QED) is 0.834. The predicted octanol–water partition coefficient (Wildman–Crippen LogP) is 3.77. The van der Waals surface area contributed by atoms with E-state index >= 15 is 0 Å². The second-order valence-corrected chi connectivity index (χ2v) is 8.25. The number of nitrogens with zero attached hydrogens (tertiary/aromatic N) is 2. The van der Waals surface area contributed by atoms with Gasteiger partial charge < -0.3 is 10.2 Å². The Morgan fingerprint density at radius 1 is 1.55 bits per heavy atom. The minimum absolute atomic E-state index is 0.00162. The number of carbonyl (C=O) groups is 1. The van der Waals surface area contributed by atoms with Crippen LogP contribution in [0.2, 0.25) is 0 Å². The van der Waals surface area contributed by atoms with Crippen LogP contribution in [-0.2, 0) is 6.54 Å². The van der Waals surface area contributed by atoms with Crippen molar-refractivity contribution in [1.29, 1.82) is 0 Å². The molecule has 2 heterocycles. The maximum atomic E-state index is 12.2. The first-order valence-electron chi connectivity index (χ1n) is 7.91. The average Bonchev–Trinajstić information content (AvgIpc) is 2.90. The molecule has 1 N–H and O–H groups in total. The molecular weight excluding hydrogens is 362 g/mol. The van der Waals surface area contributed by atoms with Gasteiger partial charge in [-0.3, -0.25) is 4.90 Å². The first kappa shape index (κ1) is 17.8. The van der Waals surface area contributed by atoms with E-state index in [1.807, 2.05) is 12.4 Å². The fraction of sp³-hybridized carbons (Fsp3) is 0.688. The van der Waals surface area contributed by atoms with Crippen LogP contribution in [0.15, 0.2) is 15.9 Å². The zero-order chi connectivity index (χ0) is 16.1. The number of urea groups is 1. The van der Waals surface area contributed by atoms with Gasteiger partial charge in [-0.05, 0) is 60.8 Å². The Balaban J connectivity index is 1.72. The molecule has 22 heavy (non-hydrogen) atoms. The number of nitrogens with one attached hydrogen (secondary N) is 1. The molecule has 2 amide bonds. The van der Waals surface area contributed by atoms with Crippen molar-refractivity contribution in [2.24, 2.45) is 5.92 Å². The van der Waals surface area contributed by atoms with Gasteiger partial charge in [-0.15, -0.1) is 11.3 Å². The van der Waals surface area contributed by atoms with Gasteiger partial charge in [0.1, 0.15) is 0 Å². The smallest absolute Gasteiger partial charge is 0.317 e. The fourth-order valence-corrected chi connectivity index (χ4v) is 4.21. The highest BCUT2D eigenvalue weighted by molar-refractivity contribution is 9.10. The van der Waals surface area contributed by atoms with Crippen LogP contribution in [0.3, 0.4) is 0 Å². The Morgan fingerprint density at radius 2 is 2.23 bits per heavy atom. The minimum atomic E-state index is 0.00162. The molecule has 0 aromatic carbocycles. The lowest BCUT2D eigenvalue weighted by molar-refractivity contribution is 0.142. The number of amides is 2. The van der Waals surface area contributed by atoms with Crippen molar-refractivity contribution in [1.82, 2.24) is 15.1 Å². The van der Waals surface area contributed by atoms with E-state index in [1.54, 1.807) is 16.2 Å². The number of piperidine rings is 1. The summed E-state index contributed by atoms with van der Waals surface area (Å²) >= 11 is 5.11. The highest BCUT2D eigenvalue weighted by atomic mass is 79.9. The molecule has 1 fully saturated rings. The number of likely N-dealkylation sites (tertiary alicyclic amines) is 1. The third kappa shape index (κ3) is 5.25. The van der Waals surface area contributed by atoms with E-state index < -0.39 is 0 Å². The van der Waals surface area contributed by atoms with Crippen LogP contribution in [0.25, 0.3) is 0 Å². The van der Waals surface area contributed by atoms with Crippen molar-refractivity contribution >= 4 is 33.3 Å². The molecule has 1 unspecified atom stereocenters. The van der Waals surface area contributed by atoms with Gasteiger partial charge in [0.25, 0.3) is 0 Å². The van der Waals surface area contributed by atoms with Crippen LogP contribution < -0.4 is 5.32 Å². The molecule has 1 atom stereocenters. The summed E-state index contributed by atoms with van der Waals surface area (Å²) in [7, 11) is 1.84. The third-order valence-corrected chi connectivity index (χ3v) is 6.03. The van der Waals surface area contributed by atoms with Crippen molar-refractivity contribution in [2.75, 3.05) is 26.7 Å². The predicted molar refractivity (Wildman–Crippen MR) is 96.3 cm³/mol. The van der Waals surface area contributed by atoms with Gasteiger partial charge in [0.2, 0.25) is 0 Å². The highest BCUT2D eigenvalue weighted by Gasteiger charge is 2.21. The molecule has 1 aliphatic heterocycles. The Morgan fingerprint density at radius 3 is 2.82 bits per heavy atom. The lowest BCUT2D eigenvalue weighted by Crippen LogP contribution is -2.47. The molecule has 1 aromatic heterocycles. The van der Waals surface area contributed by atoms with Gasteiger partial charge in [0.15, 0.2) is 0 Å². The summed E-state index contributed by atoms with van der Waals surface area (Å²) in [5, 5.41) is 5.10. The second kappa shape index (κ2) is 8.31. The monoisotopic (exact) mass is 387 g/mol. The summed E-state index contributed by atoms with van der Waals surface area (Å²) in [6, 6.07) is 2.47. The molecule has 0 bridgehead atoms. The van der Waals surface area contributed by atoms with Crippen LogP contribution in [-0.4, -0.2) is 48.6 Å². The number of halogens is 1. The summed E-state index contributed by atoms with van der Waals surface area (Å²) in [5.41, 5.74) is 0. The number of hydrogen-bond donors (Lipinski definition) is 1. The molecule has 0 spiro atoms. The normalized spacial score (nSPS) is 18.2. The van der Waals surface area contributed by atoms with Gasteiger partial charge in [-0.25, -0.2) is 4.79 Å². The van der Waals surface area contributed by atoms with E-state index in [9.17, 15) is 4.79 Å². The second-order valence-electron chi connectivity index (χ2n) is 6.34. The largest absolute Gasteiger partial charge is 0.336 e. The summed E-state index contributed by atoms with van der Waals surface area (Å²) in [4.78, 5) is 17.6. The van der Waals surface area contributed by atoms with E-state index in [-0.39, 0.29) is 6.03 Å². The molecule has 1 aromatic rings. The number of rotatable bonds is 5. The molecule has 6 heteroatoms. The summed E-state index contributed by atoms with van der Waals surface area (Å²) in [6.45, 7) is 8.19. The van der Waals surface area contributed by atoms with Crippen LogP contribution in [0.5, 0.6) is 0 Å². The lowest BCUT2D eigenvalue weighted by Gasteiger charge is -2.35. The van der Waals surface area contributed by atoms with Crippen molar-refractivity contribution < 1.29 is 4.79 Å². The van der Waals surface area contributed by atoms with Crippen molar-refractivity contribution in [3.63, 3.8) is 0 Å². The Labute approximate surface area is 146 Å². The third-order valence-electron chi connectivity index (χ3n) is 4.35. The first-order chi connectivity index (χ1) is 10.5. The van der Waals surface area contributed by atoms with Crippen molar-refractivity contribution in [2.45, 2.75) is 39.3 Å². The minimum Gasteiger partial charge on any atom is -0.336 e. The van der Waals surface area contributed by atoms with E-state index in [1.165, 1.54) is 17.7 Å². The van der Waals surface area contributed by atoms with Crippen LogP contribution in [0.1, 0.15) is 31.6 Å². The highest BCUT2D eigenvalue weighted by Crippen LogP contribution is 2.21. The Hall–Kier alpha value is -0.590. The Kier molecular flexibility index (Phi) is 6.71. The molecule has 2 rings (SSSR count). The molecule has 4 nitrogen and oxygen atoms in total. The molecule has 0 aliphatic carbocycles. The maximum absolute atomic E-state index is 12.2. The molecule has 124 valence electrons. The Bertz CT molecular complexity index is 485. The van der Waals surface area contributed by atoms with E-state index in [0.717, 1.165) is 23.5 Å². The van der Waals surface area contributed by atoms with Gasteiger partial charge in [-0.2, -0.15) is 0 Å². The number of thiophene rings is 1. The molecule has 0 saturated carbocycles. The van der Waals surface area contributed by atoms with Gasteiger partial charge in [0.05, 0.1) is 6.54 Å². The standard InChI is InChI=1S/C16H26BrN3OS/c1-12-4-6-20(7-5-12)13(2)9-18-16(21)19(3)10-15-8-14(17)11-22-15/h8,11-13H,4-7,9-10H2,1-3H3,(H,18,21). The number of carbonyl (C=O) groups excluding carboxylic acids is 1. The van der Waals surface area contributed by atoms with Crippen LogP contribution in [0, 0.1) is 5.92 Å². The van der Waals surface area contributed by atoms with Gasteiger partial charge in [0, 0.05) is 34.4 Å². The molecule has 0 radical (unpaired) electrons. The number of hydrogen-bond acceptors (Lipinski definition) is 3. The SMILES string of the molecule is CC1CCN(C(C)CNC(=O)N(C)Cc2cc(Br)cs2)CC1. The lowest BCUT2D eigenvalue weighted by atomic mass is 9.98. The summed E-state index contributed by atoms with van der Waals surface area (Å²) < 4.78 is 1.08. The van der Waals surface area contributed by atoms with Crippen LogP contribution in [0.4, 0.5) is 4.79 Å². The maximum Gasteiger partial charge on any atom is 0.317 e. The summed E-state index contributed by atoms with van der Waals surface area (Å²) in [6.07, 6.45) is 2.54. The van der Waals surface area contributed by atoms with Crippen LogP contribution >= 0.6 is 27.3 Å². The molecule has 1 saturated heterocycles. The molecular formula is C16H26BrN3OS. The van der Waals surface area contributed by atoms with E-state index in [0.29, 0.717) is 19.1 Å². The topological polar surface area (TPSA) is 35.6 Å². The first-order valence-corrected chi connectivity index (χ1v) is 9.59. The van der Waals surface area contributed by atoms with E-state index in [2.05, 4.69) is 46.1 Å². The van der Waals surface area contributed by atoms with Crippen molar-refractivity contribution in [3.05, 3.63) is 20.8 Å². The summed E-state index contributed by atoms with van der Waals surface area (Å²) in [5.74, 6) is 0.842. The van der Waals surface area contributed by atoms with Gasteiger partial charge >= 0.3 is 6.03 Å².